The predicted octanol–water partition coefficient (Wildman–Crippen LogP) is 3.00. The topological polar surface area (TPSA) is 72.5 Å². The van der Waals surface area contributed by atoms with Crippen LogP contribution in [0.1, 0.15) is 15.9 Å². The minimum Gasteiger partial charge on any atom is -0.360 e. The Morgan fingerprint density at radius 3 is 2.47 bits per heavy atom. The van der Waals surface area contributed by atoms with Gasteiger partial charge in [0.2, 0.25) is 5.91 Å². The summed E-state index contributed by atoms with van der Waals surface area (Å²) in [7, 11) is 1.59. The van der Waals surface area contributed by atoms with Crippen LogP contribution >= 0.6 is 0 Å². The number of H-pyrrole nitrogens is 1. The Hall–Kier alpha value is -3.56. The van der Waals surface area contributed by atoms with E-state index in [9.17, 15) is 22.8 Å². The lowest BCUT2D eigenvalue weighted by molar-refractivity contribution is -0.137. The molecule has 32 heavy (non-hydrogen) atoms. The van der Waals surface area contributed by atoms with Gasteiger partial charge in [-0.3, -0.25) is 9.59 Å². The van der Waals surface area contributed by atoms with E-state index in [0.29, 0.717) is 37.6 Å². The van der Waals surface area contributed by atoms with Gasteiger partial charge in [0.15, 0.2) is 0 Å². The Kier molecular flexibility index (Phi) is 5.77. The van der Waals surface area contributed by atoms with Crippen molar-refractivity contribution in [3.8, 4) is 0 Å². The minimum atomic E-state index is -4.42. The number of carbonyl (C=O) groups excluding carboxylic acids is 2. The highest BCUT2D eigenvalue weighted by Gasteiger charge is 2.31. The summed E-state index contributed by atoms with van der Waals surface area (Å²) in [6.07, 6.45) is -1.96. The number of halogens is 3. The van der Waals surface area contributed by atoms with Crippen LogP contribution in [0.5, 0.6) is 0 Å². The molecule has 0 atom stereocenters. The van der Waals surface area contributed by atoms with Crippen LogP contribution in [0.25, 0.3) is 10.9 Å². The molecule has 0 aliphatic carbocycles. The maximum Gasteiger partial charge on any atom is 0.417 e. The lowest BCUT2D eigenvalue weighted by Gasteiger charge is -2.36. The molecule has 0 unspecified atom stereocenters. The molecule has 2 aromatic heterocycles. The molecule has 168 valence electrons. The fourth-order valence-electron chi connectivity index (χ4n) is 3.75. The second kappa shape index (κ2) is 8.52. The van der Waals surface area contributed by atoms with Crippen LogP contribution in [0.4, 0.5) is 19.0 Å². The molecule has 1 saturated heterocycles. The van der Waals surface area contributed by atoms with Crippen LogP contribution < -0.4 is 4.90 Å². The Bertz CT molecular complexity index is 1120. The Balaban J connectivity index is 1.33. The Morgan fingerprint density at radius 1 is 1.09 bits per heavy atom. The molecular formula is C22H22F3N5O2. The van der Waals surface area contributed by atoms with Crippen molar-refractivity contribution in [2.75, 3.05) is 44.7 Å². The first-order chi connectivity index (χ1) is 15.2. The second-order valence-electron chi connectivity index (χ2n) is 7.68. The monoisotopic (exact) mass is 445 g/mol. The number of benzene rings is 1. The van der Waals surface area contributed by atoms with Gasteiger partial charge in [0.1, 0.15) is 5.82 Å². The van der Waals surface area contributed by atoms with E-state index in [1.54, 1.807) is 18.1 Å². The van der Waals surface area contributed by atoms with Gasteiger partial charge >= 0.3 is 6.18 Å². The quantitative estimate of drug-likeness (QED) is 0.670. The minimum absolute atomic E-state index is 0.0587. The highest BCUT2D eigenvalue weighted by atomic mass is 19.4. The van der Waals surface area contributed by atoms with Gasteiger partial charge in [0.05, 0.1) is 17.7 Å². The van der Waals surface area contributed by atoms with Gasteiger partial charge in [-0.05, 0) is 18.2 Å². The number of likely N-dealkylation sites (N-methyl/N-ethyl adjacent to an activating group) is 1. The molecule has 3 heterocycles. The Labute approximate surface area is 182 Å². The van der Waals surface area contributed by atoms with Crippen molar-refractivity contribution in [1.82, 2.24) is 19.8 Å². The molecule has 0 saturated carbocycles. The number of hydrogen-bond donors (Lipinski definition) is 1. The van der Waals surface area contributed by atoms with Crippen LogP contribution in [-0.2, 0) is 11.0 Å². The molecule has 3 aromatic rings. The zero-order chi connectivity index (χ0) is 22.9. The number of para-hydroxylation sites is 1. The molecule has 10 heteroatoms. The summed E-state index contributed by atoms with van der Waals surface area (Å²) in [5, 5.41) is 0.800. The van der Waals surface area contributed by atoms with E-state index in [1.807, 2.05) is 29.2 Å². The number of piperazine rings is 1. The summed E-state index contributed by atoms with van der Waals surface area (Å²) in [6, 6.07) is 9.80. The number of pyridine rings is 1. The van der Waals surface area contributed by atoms with Crippen molar-refractivity contribution in [3.05, 3.63) is 59.9 Å². The number of aromatic amines is 1. The van der Waals surface area contributed by atoms with Gasteiger partial charge in [-0.25, -0.2) is 4.98 Å². The molecule has 7 nitrogen and oxygen atoms in total. The SMILES string of the molecule is CN(CC(=O)N1CCN(c2ccc(C(F)(F)F)cn2)CC1)C(=O)c1c[nH]c2ccccc12. The lowest BCUT2D eigenvalue weighted by atomic mass is 10.1. The zero-order valence-corrected chi connectivity index (χ0v) is 17.4. The summed E-state index contributed by atoms with van der Waals surface area (Å²) < 4.78 is 38.1. The summed E-state index contributed by atoms with van der Waals surface area (Å²) in [4.78, 5) is 37.4. The largest absolute Gasteiger partial charge is 0.417 e. The van der Waals surface area contributed by atoms with Crippen LogP contribution in [0.2, 0.25) is 0 Å². The van der Waals surface area contributed by atoms with Crippen LogP contribution in [0.15, 0.2) is 48.8 Å². The van der Waals surface area contributed by atoms with E-state index < -0.39 is 11.7 Å². The molecule has 1 aliphatic rings. The third-order valence-corrected chi connectivity index (χ3v) is 5.57. The molecule has 4 rings (SSSR count). The lowest BCUT2D eigenvalue weighted by Crippen LogP contribution is -2.51. The normalized spacial score (nSPS) is 14.6. The van der Waals surface area contributed by atoms with Gasteiger partial charge in [-0.1, -0.05) is 18.2 Å². The highest BCUT2D eigenvalue weighted by molar-refractivity contribution is 6.07. The first-order valence-electron chi connectivity index (χ1n) is 10.1. The maximum absolute atomic E-state index is 12.8. The van der Waals surface area contributed by atoms with Crippen molar-refractivity contribution in [3.63, 3.8) is 0 Å². The maximum atomic E-state index is 12.8. The van der Waals surface area contributed by atoms with E-state index in [2.05, 4.69) is 9.97 Å². The average molecular weight is 445 g/mol. The Morgan fingerprint density at radius 2 is 1.81 bits per heavy atom. The molecule has 1 fully saturated rings. The number of anilines is 1. The second-order valence-corrected chi connectivity index (χ2v) is 7.68. The molecule has 1 aliphatic heterocycles. The third-order valence-electron chi connectivity index (χ3n) is 5.57. The van der Waals surface area contributed by atoms with E-state index >= 15 is 0 Å². The first kappa shape index (κ1) is 21.7. The number of alkyl halides is 3. The fraction of sp³-hybridized carbons (Fsp3) is 0.318. The smallest absolute Gasteiger partial charge is 0.360 e. The number of aromatic nitrogens is 2. The molecule has 0 spiro atoms. The average Bonchev–Trinajstić information content (AvgIpc) is 3.22. The summed E-state index contributed by atoms with van der Waals surface area (Å²) >= 11 is 0. The van der Waals surface area contributed by atoms with Gasteiger partial charge in [0, 0.05) is 56.5 Å². The van der Waals surface area contributed by atoms with Gasteiger partial charge < -0.3 is 19.7 Å². The number of nitrogens with zero attached hydrogens (tertiary/aromatic N) is 4. The summed E-state index contributed by atoms with van der Waals surface area (Å²) in [6.45, 7) is 1.64. The van der Waals surface area contributed by atoms with Crippen molar-refractivity contribution < 1.29 is 22.8 Å². The molecule has 0 bridgehead atoms. The summed E-state index contributed by atoms with van der Waals surface area (Å²) in [5.41, 5.74) is 0.565. The molecule has 1 aromatic carbocycles. The van der Waals surface area contributed by atoms with Crippen molar-refractivity contribution >= 4 is 28.5 Å². The fourth-order valence-corrected chi connectivity index (χ4v) is 3.75. The number of rotatable bonds is 4. The van der Waals surface area contributed by atoms with Gasteiger partial charge in [0.25, 0.3) is 5.91 Å². The number of hydrogen-bond acceptors (Lipinski definition) is 4. The number of amides is 2. The summed E-state index contributed by atoms with van der Waals surface area (Å²) in [5.74, 6) is 0.0147. The molecule has 2 amide bonds. The van der Waals surface area contributed by atoms with E-state index in [0.717, 1.165) is 23.2 Å². The van der Waals surface area contributed by atoms with Crippen molar-refractivity contribution in [2.24, 2.45) is 0 Å². The number of fused-ring (bicyclic) bond motifs is 1. The molecular weight excluding hydrogens is 423 g/mol. The van der Waals surface area contributed by atoms with Crippen molar-refractivity contribution in [1.29, 1.82) is 0 Å². The number of nitrogens with one attached hydrogen (secondary N) is 1. The zero-order valence-electron chi connectivity index (χ0n) is 17.4. The highest BCUT2D eigenvalue weighted by Crippen LogP contribution is 2.29. The standard InChI is InChI=1S/C22H22F3N5O2/c1-28(21(32)17-13-26-18-5-3-2-4-16(17)18)14-20(31)30-10-8-29(9-11-30)19-7-6-15(12-27-19)22(23,24)25/h2-7,12-13,26H,8-11,14H2,1H3. The van der Waals surface area contributed by atoms with Crippen LogP contribution in [0, 0.1) is 0 Å². The van der Waals surface area contributed by atoms with Crippen LogP contribution in [-0.4, -0.2) is 71.4 Å². The number of carbonyl (C=O) groups is 2. The van der Waals surface area contributed by atoms with Gasteiger partial charge in [-0.2, -0.15) is 13.2 Å². The first-order valence-corrected chi connectivity index (χ1v) is 10.1. The molecule has 1 N–H and O–H groups in total. The predicted molar refractivity (Wildman–Crippen MR) is 113 cm³/mol. The van der Waals surface area contributed by atoms with E-state index in [4.69, 9.17) is 0 Å². The van der Waals surface area contributed by atoms with Gasteiger partial charge in [-0.15, -0.1) is 0 Å². The van der Waals surface area contributed by atoms with Crippen molar-refractivity contribution in [2.45, 2.75) is 6.18 Å². The molecule has 0 radical (unpaired) electrons. The van der Waals surface area contributed by atoms with E-state index in [-0.39, 0.29) is 18.4 Å². The van der Waals surface area contributed by atoms with E-state index in [1.165, 1.54) is 11.0 Å². The third kappa shape index (κ3) is 4.39. The van der Waals surface area contributed by atoms with Crippen LogP contribution in [0.3, 0.4) is 0 Å².